The minimum Gasteiger partial charge on any atom is -0.488 e. The van der Waals surface area contributed by atoms with Crippen LogP contribution in [0.5, 0.6) is 5.75 Å². The number of carbonyl (C=O) groups excluding carboxylic acids is 1. The summed E-state index contributed by atoms with van der Waals surface area (Å²) in [7, 11) is 0. The number of hydrogen-bond acceptors (Lipinski definition) is 5. The Balaban J connectivity index is 1.86. The highest BCUT2D eigenvalue weighted by Crippen LogP contribution is 2.35. The summed E-state index contributed by atoms with van der Waals surface area (Å²) in [5.74, 6) is -0.578. The van der Waals surface area contributed by atoms with E-state index in [9.17, 15) is 14.7 Å². The average Bonchev–Trinajstić information content (AvgIpc) is 2.86. The summed E-state index contributed by atoms with van der Waals surface area (Å²) < 4.78 is 5.97. The first-order valence-electron chi connectivity index (χ1n) is 7.93. The van der Waals surface area contributed by atoms with E-state index >= 15 is 0 Å². The standard InChI is InChI=1S/C18H17NO4S2/c1-2-5-13(17(21)22)19-16(20)15(25-18(19)24)9-11-8-12-6-3-4-7-14(12)23-10-11/h3-4,6-9,13H,2,5,10H2,1H3,(H,21,22)/b15-9-. The number of carboxylic acids is 1. The van der Waals surface area contributed by atoms with Crippen LogP contribution in [0.1, 0.15) is 25.3 Å². The monoisotopic (exact) mass is 375 g/mol. The highest BCUT2D eigenvalue weighted by molar-refractivity contribution is 8.26. The molecular formula is C18H17NO4S2. The van der Waals surface area contributed by atoms with Gasteiger partial charge in [0.2, 0.25) is 0 Å². The van der Waals surface area contributed by atoms with Gasteiger partial charge in [-0.25, -0.2) is 4.79 Å². The van der Waals surface area contributed by atoms with Crippen molar-refractivity contribution in [2.24, 2.45) is 0 Å². The molecule has 2 aliphatic heterocycles. The first kappa shape index (κ1) is 17.7. The number of aliphatic carboxylic acids is 1. The second kappa shape index (κ2) is 7.41. The molecule has 0 aliphatic carbocycles. The van der Waals surface area contributed by atoms with Crippen LogP contribution in [0.15, 0.2) is 40.8 Å². The Morgan fingerprint density at radius 1 is 1.48 bits per heavy atom. The third kappa shape index (κ3) is 3.62. The van der Waals surface area contributed by atoms with Crippen molar-refractivity contribution in [2.75, 3.05) is 6.61 Å². The van der Waals surface area contributed by atoms with Crippen LogP contribution in [0.3, 0.4) is 0 Å². The molecule has 1 aromatic carbocycles. The van der Waals surface area contributed by atoms with E-state index < -0.39 is 12.0 Å². The molecular weight excluding hydrogens is 358 g/mol. The van der Waals surface area contributed by atoms with Gasteiger partial charge in [0.05, 0.1) is 4.91 Å². The van der Waals surface area contributed by atoms with Gasteiger partial charge < -0.3 is 9.84 Å². The second-order valence-electron chi connectivity index (χ2n) is 5.74. The molecule has 1 saturated heterocycles. The maximum Gasteiger partial charge on any atom is 0.326 e. The zero-order valence-corrected chi connectivity index (χ0v) is 15.2. The smallest absolute Gasteiger partial charge is 0.326 e. The van der Waals surface area contributed by atoms with Crippen LogP contribution in [0.25, 0.3) is 6.08 Å². The lowest BCUT2D eigenvalue weighted by molar-refractivity contribution is -0.145. The Labute approximate surface area is 155 Å². The summed E-state index contributed by atoms with van der Waals surface area (Å²) >= 11 is 6.39. The highest BCUT2D eigenvalue weighted by Gasteiger charge is 2.40. The van der Waals surface area contributed by atoms with Gasteiger partial charge in [-0.1, -0.05) is 55.5 Å². The van der Waals surface area contributed by atoms with Crippen LogP contribution in [-0.4, -0.2) is 38.9 Å². The third-order valence-electron chi connectivity index (χ3n) is 3.95. The molecule has 0 radical (unpaired) electrons. The number of thiocarbonyl (C=S) groups is 1. The summed E-state index contributed by atoms with van der Waals surface area (Å²) in [6, 6.07) is 6.74. The predicted molar refractivity (Wildman–Crippen MR) is 101 cm³/mol. The summed E-state index contributed by atoms with van der Waals surface area (Å²) in [6.07, 6.45) is 4.73. The van der Waals surface area contributed by atoms with Crippen molar-refractivity contribution in [3.05, 3.63) is 46.4 Å². The lowest BCUT2D eigenvalue weighted by Crippen LogP contribution is -2.43. The third-order valence-corrected chi connectivity index (χ3v) is 5.28. The second-order valence-corrected chi connectivity index (χ2v) is 7.42. The molecule has 2 aliphatic rings. The number of thioether (sulfide) groups is 1. The van der Waals surface area contributed by atoms with E-state index in [1.807, 2.05) is 37.3 Å². The highest BCUT2D eigenvalue weighted by atomic mass is 32.2. The number of fused-ring (bicyclic) bond motifs is 1. The summed E-state index contributed by atoms with van der Waals surface area (Å²) in [5, 5.41) is 9.40. The number of rotatable bonds is 5. The van der Waals surface area contributed by atoms with Gasteiger partial charge in [-0.15, -0.1) is 0 Å². The van der Waals surface area contributed by atoms with Crippen molar-refractivity contribution in [3.8, 4) is 5.75 Å². The number of carboxylic acid groups (broad SMARTS) is 1. The maximum absolute atomic E-state index is 12.7. The van der Waals surface area contributed by atoms with E-state index in [4.69, 9.17) is 17.0 Å². The lowest BCUT2D eigenvalue weighted by atomic mass is 10.1. The Kier molecular flexibility index (Phi) is 5.24. The minimum absolute atomic E-state index is 0.287. The Morgan fingerprint density at radius 3 is 2.96 bits per heavy atom. The van der Waals surface area contributed by atoms with Gasteiger partial charge in [-0.3, -0.25) is 9.69 Å². The fraction of sp³-hybridized carbons (Fsp3) is 0.278. The maximum atomic E-state index is 12.7. The predicted octanol–water partition coefficient (Wildman–Crippen LogP) is 3.46. The molecule has 1 N–H and O–H groups in total. The molecule has 0 spiro atoms. The van der Waals surface area contributed by atoms with E-state index in [1.165, 1.54) is 4.90 Å². The molecule has 0 aromatic heterocycles. The van der Waals surface area contributed by atoms with E-state index in [1.54, 1.807) is 6.08 Å². The van der Waals surface area contributed by atoms with Crippen LogP contribution in [0.4, 0.5) is 0 Å². The molecule has 1 atom stereocenters. The molecule has 1 aromatic rings. The Morgan fingerprint density at radius 2 is 2.24 bits per heavy atom. The average molecular weight is 375 g/mol. The van der Waals surface area contributed by atoms with Gasteiger partial charge >= 0.3 is 5.97 Å². The van der Waals surface area contributed by atoms with E-state index in [2.05, 4.69) is 0 Å². The fourth-order valence-corrected chi connectivity index (χ4v) is 4.14. The van der Waals surface area contributed by atoms with Crippen LogP contribution < -0.4 is 4.74 Å². The Hall–Kier alpha value is -2.12. The molecule has 25 heavy (non-hydrogen) atoms. The topological polar surface area (TPSA) is 66.8 Å². The largest absolute Gasteiger partial charge is 0.488 e. The van der Waals surface area contributed by atoms with Crippen LogP contribution >= 0.6 is 24.0 Å². The summed E-state index contributed by atoms with van der Waals surface area (Å²) in [4.78, 5) is 25.8. The van der Waals surface area contributed by atoms with Crippen LogP contribution in [0, 0.1) is 0 Å². The fourth-order valence-electron chi connectivity index (χ4n) is 2.77. The van der Waals surface area contributed by atoms with Crippen molar-refractivity contribution >= 4 is 46.3 Å². The minimum atomic E-state index is -1.03. The number of para-hydroxylation sites is 1. The zero-order chi connectivity index (χ0) is 18.0. The van der Waals surface area contributed by atoms with Gasteiger partial charge in [0.25, 0.3) is 5.91 Å². The molecule has 1 amide bonds. The van der Waals surface area contributed by atoms with E-state index in [0.29, 0.717) is 24.4 Å². The number of hydrogen-bond donors (Lipinski definition) is 1. The first-order chi connectivity index (χ1) is 12.0. The van der Waals surface area contributed by atoms with Crippen LogP contribution in [0.2, 0.25) is 0 Å². The van der Waals surface area contributed by atoms with Gasteiger partial charge in [0.1, 0.15) is 22.7 Å². The zero-order valence-electron chi connectivity index (χ0n) is 13.6. The molecule has 130 valence electrons. The molecule has 7 heteroatoms. The van der Waals surface area contributed by atoms with Crippen molar-refractivity contribution in [1.29, 1.82) is 0 Å². The number of ether oxygens (including phenoxy) is 1. The number of nitrogens with zero attached hydrogens (tertiary/aromatic N) is 1. The van der Waals surface area contributed by atoms with E-state index in [0.717, 1.165) is 28.6 Å². The van der Waals surface area contributed by atoms with Gasteiger partial charge in [-0.05, 0) is 30.2 Å². The molecule has 3 rings (SSSR count). The Bertz CT molecular complexity index is 800. The van der Waals surface area contributed by atoms with Crippen molar-refractivity contribution < 1.29 is 19.4 Å². The molecule has 0 saturated carbocycles. The van der Waals surface area contributed by atoms with Gasteiger partial charge in [-0.2, -0.15) is 0 Å². The lowest BCUT2D eigenvalue weighted by Gasteiger charge is -2.22. The number of benzene rings is 1. The van der Waals surface area contributed by atoms with Gasteiger partial charge in [0.15, 0.2) is 0 Å². The normalized spacial score (nSPS) is 19.5. The number of carbonyl (C=O) groups is 2. The summed E-state index contributed by atoms with van der Waals surface area (Å²) in [5.41, 5.74) is 1.80. The summed E-state index contributed by atoms with van der Waals surface area (Å²) in [6.45, 7) is 2.24. The van der Waals surface area contributed by atoms with Crippen molar-refractivity contribution in [2.45, 2.75) is 25.8 Å². The molecule has 5 nitrogen and oxygen atoms in total. The molecule has 1 unspecified atom stereocenters. The van der Waals surface area contributed by atoms with Crippen molar-refractivity contribution in [1.82, 2.24) is 4.90 Å². The van der Waals surface area contributed by atoms with Crippen LogP contribution in [-0.2, 0) is 9.59 Å². The molecule has 2 heterocycles. The quantitative estimate of drug-likeness (QED) is 0.628. The van der Waals surface area contributed by atoms with Crippen molar-refractivity contribution in [3.63, 3.8) is 0 Å². The molecule has 1 fully saturated rings. The first-order valence-corrected chi connectivity index (χ1v) is 9.16. The number of amides is 1. The van der Waals surface area contributed by atoms with Gasteiger partial charge in [0, 0.05) is 5.56 Å². The SMILES string of the molecule is CCCC(C(=O)O)N1C(=O)/C(=C/C2=Cc3ccccc3OC2)SC1=S. The van der Waals surface area contributed by atoms with E-state index in [-0.39, 0.29) is 10.2 Å². The molecule has 0 bridgehead atoms.